The van der Waals surface area contributed by atoms with Gasteiger partial charge in [0, 0.05) is 24.0 Å². The van der Waals surface area contributed by atoms with Crippen molar-refractivity contribution in [1.82, 2.24) is 0 Å². The summed E-state index contributed by atoms with van der Waals surface area (Å²) in [7, 11) is -4.15. The average molecular weight is 507 g/mol. The Balaban J connectivity index is 1.56. The van der Waals surface area contributed by atoms with Crippen LogP contribution in [0.4, 0.5) is 30.2 Å². The summed E-state index contributed by atoms with van der Waals surface area (Å²) in [6.07, 6.45) is -4.61. The van der Waals surface area contributed by atoms with Crippen LogP contribution in [0.15, 0.2) is 77.7 Å². The first-order valence-corrected chi connectivity index (χ1v) is 11.5. The Morgan fingerprint density at radius 1 is 0.857 bits per heavy atom. The van der Waals surface area contributed by atoms with Crippen molar-refractivity contribution in [3.8, 4) is 5.75 Å². The standard InChI is InChI=1S/C23H20F3N3O5S/c1-15(30)27-17-5-7-18(8-6-17)28-22(31)14-34-20-9-11-21(12-10-20)35(32,33)29-19-4-2-3-16(13-19)23(24,25)26/h2-13,29H,14H2,1H3,(H,27,30)(H,28,31). The number of ether oxygens (including phenoxy) is 1. The van der Waals surface area contributed by atoms with Crippen LogP contribution in [-0.2, 0) is 25.8 Å². The molecule has 0 fully saturated rings. The fourth-order valence-electron chi connectivity index (χ4n) is 2.87. The van der Waals surface area contributed by atoms with Gasteiger partial charge in [-0.05, 0) is 66.7 Å². The van der Waals surface area contributed by atoms with E-state index in [-0.39, 0.29) is 28.8 Å². The maximum atomic E-state index is 12.8. The van der Waals surface area contributed by atoms with Crippen LogP contribution in [0.1, 0.15) is 12.5 Å². The van der Waals surface area contributed by atoms with E-state index in [4.69, 9.17) is 4.74 Å². The molecule has 35 heavy (non-hydrogen) atoms. The first-order valence-electron chi connectivity index (χ1n) is 10.0. The van der Waals surface area contributed by atoms with Gasteiger partial charge in [0.2, 0.25) is 5.91 Å². The summed E-state index contributed by atoms with van der Waals surface area (Å²) in [5.41, 5.74) is -0.163. The number of benzene rings is 3. The first-order chi connectivity index (χ1) is 16.4. The lowest BCUT2D eigenvalue weighted by molar-refractivity contribution is -0.137. The van der Waals surface area contributed by atoms with Gasteiger partial charge in [-0.2, -0.15) is 13.2 Å². The third-order valence-corrected chi connectivity index (χ3v) is 5.83. The summed E-state index contributed by atoms with van der Waals surface area (Å²) in [6.45, 7) is 1.02. The molecule has 0 radical (unpaired) electrons. The Labute approximate surface area is 199 Å². The minimum Gasteiger partial charge on any atom is -0.484 e. The predicted molar refractivity (Wildman–Crippen MR) is 124 cm³/mol. The van der Waals surface area contributed by atoms with E-state index >= 15 is 0 Å². The Bertz CT molecular complexity index is 1310. The lowest BCUT2D eigenvalue weighted by atomic mass is 10.2. The van der Waals surface area contributed by atoms with Gasteiger partial charge >= 0.3 is 6.18 Å². The molecule has 0 saturated carbocycles. The van der Waals surface area contributed by atoms with E-state index in [2.05, 4.69) is 15.4 Å². The molecule has 0 bridgehead atoms. The van der Waals surface area contributed by atoms with Gasteiger partial charge in [-0.25, -0.2) is 8.42 Å². The van der Waals surface area contributed by atoms with Crippen LogP contribution in [0.2, 0.25) is 0 Å². The fourth-order valence-corrected chi connectivity index (χ4v) is 3.92. The number of rotatable bonds is 8. The molecule has 12 heteroatoms. The number of halogens is 3. The van der Waals surface area contributed by atoms with Crippen molar-refractivity contribution >= 4 is 38.9 Å². The number of alkyl halides is 3. The molecule has 3 aromatic rings. The van der Waals surface area contributed by atoms with Crippen LogP contribution in [-0.4, -0.2) is 26.8 Å². The zero-order valence-electron chi connectivity index (χ0n) is 18.2. The number of hydrogen-bond donors (Lipinski definition) is 3. The van der Waals surface area contributed by atoms with Crippen molar-refractivity contribution in [2.75, 3.05) is 22.0 Å². The van der Waals surface area contributed by atoms with Crippen LogP contribution in [0, 0.1) is 0 Å². The predicted octanol–water partition coefficient (Wildman–Crippen LogP) is 4.48. The number of carbonyl (C=O) groups excluding carboxylic acids is 2. The molecule has 0 aromatic heterocycles. The van der Waals surface area contributed by atoms with E-state index in [0.717, 1.165) is 12.1 Å². The van der Waals surface area contributed by atoms with Gasteiger partial charge in [-0.3, -0.25) is 14.3 Å². The molecule has 184 valence electrons. The van der Waals surface area contributed by atoms with E-state index in [1.807, 2.05) is 0 Å². The molecule has 0 aliphatic carbocycles. The quantitative estimate of drug-likeness (QED) is 0.416. The highest BCUT2D eigenvalue weighted by Gasteiger charge is 2.30. The van der Waals surface area contributed by atoms with Gasteiger partial charge in [-0.1, -0.05) is 6.07 Å². The number of carbonyl (C=O) groups is 2. The minimum absolute atomic E-state index is 0.203. The maximum absolute atomic E-state index is 12.8. The van der Waals surface area contributed by atoms with Gasteiger partial charge < -0.3 is 15.4 Å². The molecule has 0 atom stereocenters. The van der Waals surface area contributed by atoms with E-state index in [1.54, 1.807) is 24.3 Å². The molecule has 0 unspecified atom stereocenters. The van der Waals surface area contributed by atoms with E-state index in [9.17, 15) is 31.2 Å². The zero-order chi connectivity index (χ0) is 25.6. The fraction of sp³-hybridized carbons (Fsp3) is 0.130. The van der Waals surface area contributed by atoms with Crippen LogP contribution in [0.5, 0.6) is 5.75 Å². The maximum Gasteiger partial charge on any atom is 0.416 e. The second-order valence-corrected chi connectivity index (χ2v) is 8.93. The van der Waals surface area contributed by atoms with Crippen LogP contribution in [0.3, 0.4) is 0 Å². The second-order valence-electron chi connectivity index (χ2n) is 7.25. The molecule has 0 heterocycles. The van der Waals surface area contributed by atoms with Gasteiger partial charge in [-0.15, -0.1) is 0 Å². The molecular weight excluding hydrogens is 487 g/mol. The van der Waals surface area contributed by atoms with Crippen LogP contribution in [0.25, 0.3) is 0 Å². The van der Waals surface area contributed by atoms with Crippen LogP contribution >= 0.6 is 0 Å². The molecule has 0 aliphatic rings. The second kappa shape index (κ2) is 10.5. The van der Waals surface area contributed by atoms with Crippen molar-refractivity contribution in [2.24, 2.45) is 0 Å². The average Bonchev–Trinajstić information content (AvgIpc) is 2.78. The van der Waals surface area contributed by atoms with Crippen molar-refractivity contribution in [2.45, 2.75) is 18.0 Å². The van der Waals surface area contributed by atoms with Gasteiger partial charge in [0.25, 0.3) is 15.9 Å². The number of amides is 2. The molecular formula is C23H20F3N3O5S. The molecule has 3 rings (SSSR count). The highest BCUT2D eigenvalue weighted by Crippen LogP contribution is 2.31. The van der Waals surface area contributed by atoms with Crippen LogP contribution < -0.4 is 20.1 Å². The van der Waals surface area contributed by atoms with E-state index < -0.39 is 27.7 Å². The molecule has 3 N–H and O–H groups in total. The molecule has 0 spiro atoms. The molecule has 3 aromatic carbocycles. The minimum atomic E-state index is -4.61. The zero-order valence-corrected chi connectivity index (χ0v) is 19.0. The molecule has 2 amide bonds. The van der Waals surface area contributed by atoms with Gasteiger partial charge in [0.05, 0.1) is 10.5 Å². The highest BCUT2D eigenvalue weighted by atomic mass is 32.2. The number of hydrogen-bond acceptors (Lipinski definition) is 5. The topological polar surface area (TPSA) is 114 Å². The van der Waals surface area contributed by atoms with Crippen molar-refractivity contribution < 1.29 is 35.9 Å². The van der Waals surface area contributed by atoms with Crippen molar-refractivity contribution in [1.29, 1.82) is 0 Å². The summed E-state index contributed by atoms with van der Waals surface area (Å²) in [4.78, 5) is 22.9. The number of nitrogens with one attached hydrogen (secondary N) is 3. The summed E-state index contributed by atoms with van der Waals surface area (Å²) in [6, 6.07) is 15.3. The third kappa shape index (κ3) is 7.47. The summed E-state index contributed by atoms with van der Waals surface area (Å²) >= 11 is 0. The third-order valence-electron chi connectivity index (χ3n) is 4.44. The number of anilines is 3. The molecule has 0 saturated heterocycles. The van der Waals surface area contributed by atoms with Gasteiger partial charge in [0.15, 0.2) is 6.61 Å². The van der Waals surface area contributed by atoms with Gasteiger partial charge in [0.1, 0.15) is 5.75 Å². The summed E-state index contributed by atoms with van der Waals surface area (Å²) in [5, 5.41) is 5.21. The first kappa shape index (κ1) is 25.6. The highest BCUT2D eigenvalue weighted by molar-refractivity contribution is 7.92. The lowest BCUT2D eigenvalue weighted by Crippen LogP contribution is -2.20. The Hall–Kier alpha value is -4.06. The largest absolute Gasteiger partial charge is 0.484 e. The Kier molecular flexibility index (Phi) is 7.65. The Morgan fingerprint density at radius 3 is 2.03 bits per heavy atom. The SMILES string of the molecule is CC(=O)Nc1ccc(NC(=O)COc2ccc(S(=O)(=O)Nc3cccc(C(F)(F)F)c3)cc2)cc1. The Morgan fingerprint density at radius 2 is 1.46 bits per heavy atom. The monoisotopic (exact) mass is 507 g/mol. The normalized spacial score (nSPS) is 11.4. The van der Waals surface area contributed by atoms with Crippen molar-refractivity contribution in [3.05, 3.63) is 78.4 Å². The summed E-state index contributed by atoms with van der Waals surface area (Å²) < 4.78 is 71.0. The smallest absolute Gasteiger partial charge is 0.416 e. The molecule has 0 aliphatic heterocycles. The van der Waals surface area contributed by atoms with E-state index in [0.29, 0.717) is 17.4 Å². The number of sulfonamides is 1. The van der Waals surface area contributed by atoms with Crippen molar-refractivity contribution in [3.63, 3.8) is 0 Å². The molecule has 8 nitrogen and oxygen atoms in total. The summed E-state index contributed by atoms with van der Waals surface area (Å²) in [5.74, 6) is -0.486. The van der Waals surface area contributed by atoms with E-state index in [1.165, 1.54) is 37.3 Å². The lowest BCUT2D eigenvalue weighted by Gasteiger charge is -2.12.